The molecule has 0 unspecified atom stereocenters. The molecule has 1 aliphatic rings. The lowest BCUT2D eigenvalue weighted by atomic mass is 9.95. The Morgan fingerprint density at radius 3 is 2.52 bits per heavy atom. The minimum atomic E-state index is -0.0308. The van der Waals surface area contributed by atoms with Gasteiger partial charge in [0.15, 0.2) is 11.5 Å². The van der Waals surface area contributed by atoms with Crippen molar-refractivity contribution in [3.05, 3.63) is 29.8 Å². The second kappa shape index (κ2) is 7.72. The molecule has 0 aliphatic heterocycles. The fourth-order valence-corrected chi connectivity index (χ4v) is 2.62. The summed E-state index contributed by atoms with van der Waals surface area (Å²) in [6.45, 7) is 0. The van der Waals surface area contributed by atoms with Crippen molar-refractivity contribution in [2.45, 2.75) is 38.1 Å². The van der Waals surface area contributed by atoms with Crippen LogP contribution < -0.4 is 14.8 Å². The summed E-state index contributed by atoms with van der Waals surface area (Å²) in [5.41, 5.74) is 0.909. The lowest BCUT2D eigenvalue weighted by Crippen LogP contribution is -2.34. The third-order valence-electron chi connectivity index (χ3n) is 3.79. The first-order valence-electron chi connectivity index (χ1n) is 7.43. The zero-order valence-electron chi connectivity index (χ0n) is 12.7. The highest BCUT2D eigenvalue weighted by atomic mass is 16.5. The van der Waals surface area contributed by atoms with Crippen LogP contribution in [-0.4, -0.2) is 26.2 Å². The summed E-state index contributed by atoms with van der Waals surface area (Å²) in [4.78, 5) is 11.9. The summed E-state index contributed by atoms with van der Waals surface area (Å²) in [7, 11) is 3.20. The van der Waals surface area contributed by atoms with Crippen molar-refractivity contribution >= 4 is 12.0 Å². The minimum Gasteiger partial charge on any atom is -0.493 e. The van der Waals surface area contributed by atoms with Gasteiger partial charge in [0, 0.05) is 12.1 Å². The molecule has 1 saturated carbocycles. The molecule has 0 radical (unpaired) electrons. The molecule has 0 atom stereocenters. The molecule has 0 spiro atoms. The zero-order chi connectivity index (χ0) is 15.1. The summed E-state index contributed by atoms with van der Waals surface area (Å²) in [5, 5.41) is 3.06. The lowest BCUT2D eigenvalue weighted by Gasteiger charge is -2.21. The molecule has 21 heavy (non-hydrogen) atoms. The largest absolute Gasteiger partial charge is 0.493 e. The molecule has 1 aromatic rings. The number of rotatable bonds is 5. The summed E-state index contributed by atoms with van der Waals surface area (Å²) in [6, 6.07) is 5.91. The van der Waals surface area contributed by atoms with E-state index in [-0.39, 0.29) is 5.91 Å². The van der Waals surface area contributed by atoms with Gasteiger partial charge < -0.3 is 14.8 Å². The van der Waals surface area contributed by atoms with Crippen molar-refractivity contribution in [1.29, 1.82) is 0 Å². The van der Waals surface area contributed by atoms with Crippen molar-refractivity contribution in [2.24, 2.45) is 0 Å². The van der Waals surface area contributed by atoms with Crippen LogP contribution in [0.3, 0.4) is 0 Å². The Bertz CT molecular complexity index is 505. The van der Waals surface area contributed by atoms with E-state index >= 15 is 0 Å². The van der Waals surface area contributed by atoms with E-state index in [4.69, 9.17) is 9.47 Å². The molecule has 0 aromatic heterocycles. The zero-order valence-corrected chi connectivity index (χ0v) is 12.7. The van der Waals surface area contributed by atoms with Gasteiger partial charge in [-0.1, -0.05) is 25.3 Å². The van der Waals surface area contributed by atoms with Crippen LogP contribution in [0.1, 0.15) is 37.7 Å². The number of amides is 1. The van der Waals surface area contributed by atoms with Crippen LogP contribution in [-0.2, 0) is 4.79 Å². The second-order valence-electron chi connectivity index (χ2n) is 5.29. The van der Waals surface area contributed by atoms with E-state index in [1.807, 2.05) is 18.2 Å². The fourth-order valence-electron chi connectivity index (χ4n) is 2.62. The van der Waals surface area contributed by atoms with Crippen molar-refractivity contribution in [1.82, 2.24) is 5.32 Å². The van der Waals surface area contributed by atoms with Gasteiger partial charge in [0.05, 0.1) is 14.2 Å². The van der Waals surface area contributed by atoms with Gasteiger partial charge in [0.2, 0.25) is 5.91 Å². The number of hydrogen-bond donors (Lipinski definition) is 1. The number of methoxy groups -OCH3 is 2. The normalized spacial score (nSPS) is 15.9. The van der Waals surface area contributed by atoms with Crippen LogP contribution in [0.25, 0.3) is 6.08 Å². The molecule has 0 heterocycles. The van der Waals surface area contributed by atoms with Gasteiger partial charge in [-0.05, 0) is 36.6 Å². The quantitative estimate of drug-likeness (QED) is 0.847. The molecule has 1 N–H and O–H groups in total. The minimum absolute atomic E-state index is 0.0308. The van der Waals surface area contributed by atoms with E-state index in [0.717, 1.165) is 18.4 Å². The van der Waals surface area contributed by atoms with Crippen molar-refractivity contribution in [2.75, 3.05) is 14.2 Å². The Kier molecular flexibility index (Phi) is 5.67. The highest BCUT2D eigenvalue weighted by molar-refractivity contribution is 5.92. The average molecular weight is 289 g/mol. The monoisotopic (exact) mass is 289 g/mol. The number of carbonyl (C=O) groups excluding carboxylic acids is 1. The summed E-state index contributed by atoms with van der Waals surface area (Å²) in [5.74, 6) is 1.31. The van der Waals surface area contributed by atoms with Gasteiger partial charge in [-0.25, -0.2) is 0 Å². The molecule has 4 heteroatoms. The highest BCUT2D eigenvalue weighted by Crippen LogP contribution is 2.27. The fraction of sp³-hybridized carbons (Fsp3) is 0.471. The second-order valence-corrected chi connectivity index (χ2v) is 5.29. The van der Waals surface area contributed by atoms with Crippen LogP contribution in [0.4, 0.5) is 0 Å². The van der Waals surface area contributed by atoms with Gasteiger partial charge in [0.25, 0.3) is 0 Å². The molecular formula is C17H23NO3. The third-order valence-corrected chi connectivity index (χ3v) is 3.79. The first-order valence-corrected chi connectivity index (χ1v) is 7.43. The predicted octanol–water partition coefficient (Wildman–Crippen LogP) is 3.17. The smallest absolute Gasteiger partial charge is 0.244 e. The molecule has 0 bridgehead atoms. The van der Waals surface area contributed by atoms with Gasteiger partial charge in [0.1, 0.15) is 0 Å². The van der Waals surface area contributed by atoms with E-state index in [0.29, 0.717) is 17.5 Å². The Morgan fingerprint density at radius 1 is 1.14 bits per heavy atom. The number of nitrogens with one attached hydrogen (secondary N) is 1. The molecule has 1 fully saturated rings. The molecule has 4 nitrogen and oxygen atoms in total. The van der Waals surface area contributed by atoms with Gasteiger partial charge in [-0.3, -0.25) is 4.79 Å². The Labute approximate surface area is 126 Å². The lowest BCUT2D eigenvalue weighted by molar-refractivity contribution is -0.117. The maximum absolute atomic E-state index is 11.9. The number of hydrogen-bond acceptors (Lipinski definition) is 3. The van der Waals surface area contributed by atoms with Crippen LogP contribution in [0.2, 0.25) is 0 Å². The Balaban J connectivity index is 1.94. The molecule has 114 valence electrons. The summed E-state index contributed by atoms with van der Waals surface area (Å²) in [6.07, 6.45) is 9.27. The molecule has 0 saturated heterocycles. The van der Waals surface area contributed by atoms with Crippen molar-refractivity contribution in [3.63, 3.8) is 0 Å². The first kappa shape index (κ1) is 15.4. The van der Waals surface area contributed by atoms with Crippen LogP contribution in [0, 0.1) is 0 Å². The molecule has 2 rings (SSSR count). The SMILES string of the molecule is COc1ccc(C=CC(=O)NC2CCCCC2)cc1OC. The van der Waals surface area contributed by atoms with Crippen LogP contribution in [0.15, 0.2) is 24.3 Å². The van der Waals surface area contributed by atoms with Gasteiger partial charge >= 0.3 is 0 Å². The van der Waals surface area contributed by atoms with Gasteiger partial charge in [-0.15, -0.1) is 0 Å². The number of ether oxygens (including phenoxy) is 2. The van der Waals surface area contributed by atoms with E-state index in [9.17, 15) is 4.79 Å². The van der Waals surface area contributed by atoms with E-state index in [1.54, 1.807) is 26.4 Å². The maximum atomic E-state index is 11.9. The van der Waals surface area contributed by atoms with Gasteiger partial charge in [-0.2, -0.15) is 0 Å². The van der Waals surface area contributed by atoms with E-state index in [2.05, 4.69) is 5.32 Å². The first-order chi connectivity index (χ1) is 10.2. The molecule has 1 aliphatic carbocycles. The topological polar surface area (TPSA) is 47.6 Å². The number of benzene rings is 1. The van der Waals surface area contributed by atoms with Crippen molar-refractivity contribution < 1.29 is 14.3 Å². The molecular weight excluding hydrogens is 266 g/mol. The predicted molar refractivity (Wildman–Crippen MR) is 83.6 cm³/mol. The standard InChI is InChI=1S/C17H23NO3/c1-20-15-10-8-13(12-16(15)21-2)9-11-17(19)18-14-6-4-3-5-7-14/h8-12,14H,3-7H2,1-2H3,(H,18,19). The maximum Gasteiger partial charge on any atom is 0.244 e. The summed E-state index contributed by atoms with van der Waals surface area (Å²) >= 11 is 0. The molecule has 1 amide bonds. The third kappa shape index (κ3) is 4.52. The van der Waals surface area contributed by atoms with Crippen molar-refractivity contribution in [3.8, 4) is 11.5 Å². The van der Waals surface area contributed by atoms with Crippen LogP contribution >= 0.6 is 0 Å². The van der Waals surface area contributed by atoms with E-state index in [1.165, 1.54) is 19.3 Å². The highest BCUT2D eigenvalue weighted by Gasteiger charge is 2.14. The Hall–Kier alpha value is -1.97. The van der Waals surface area contributed by atoms with Crippen LogP contribution in [0.5, 0.6) is 11.5 Å². The average Bonchev–Trinajstić information content (AvgIpc) is 2.53. The summed E-state index contributed by atoms with van der Waals surface area (Å²) < 4.78 is 10.4. The Morgan fingerprint density at radius 2 is 1.86 bits per heavy atom. The molecule has 1 aromatic carbocycles. The van der Waals surface area contributed by atoms with E-state index < -0.39 is 0 Å². The number of carbonyl (C=O) groups is 1.